The molecule has 22 heavy (non-hydrogen) atoms. The van der Waals surface area contributed by atoms with Crippen LogP contribution in [0.25, 0.3) is 0 Å². The van der Waals surface area contributed by atoms with Gasteiger partial charge < -0.3 is 0 Å². The first-order valence-corrected chi connectivity index (χ1v) is 7.21. The second-order valence-corrected chi connectivity index (χ2v) is 5.45. The molecule has 2 aromatic carbocycles. The first kappa shape index (κ1) is 14.5. The van der Waals surface area contributed by atoms with Crippen molar-refractivity contribution in [1.29, 1.82) is 0 Å². The molecule has 0 amide bonds. The highest BCUT2D eigenvalue weighted by Gasteiger charge is 2.41. The number of halogens is 1. The Hall–Kier alpha value is -2.46. The maximum Gasteiger partial charge on any atom is 0.164 e. The minimum Gasteiger partial charge on any atom is -0.298 e. The van der Waals surface area contributed by atoms with Crippen molar-refractivity contribution in [2.24, 2.45) is 0 Å². The van der Waals surface area contributed by atoms with Gasteiger partial charge in [0.1, 0.15) is 12.7 Å². The third-order valence-corrected chi connectivity index (χ3v) is 4.02. The van der Waals surface area contributed by atoms with Crippen molar-refractivity contribution in [3.63, 3.8) is 0 Å². The summed E-state index contributed by atoms with van der Waals surface area (Å²) in [6.07, 6.45) is 3.12. The molecule has 5 heteroatoms. The van der Waals surface area contributed by atoms with E-state index in [1.807, 2.05) is 42.5 Å². The van der Waals surface area contributed by atoms with Gasteiger partial charge in [-0.15, -0.1) is 10.2 Å². The predicted molar refractivity (Wildman–Crippen MR) is 84.8 cm³/mol. The Morgan fingerprint density at radius 3 is 2.05 bits per heavy atom. The summed E-state index contributed by atoms with van der Waals surface area (Å²) in [5.41, 5.74) is 0.662. The van der Waals surface area contributed by atoms with Crippen LogP contribution < -0.4 is 0 Å². The zero-order valence-electron chi connectivity index (χ0n) is 12.0. The van der Waals surface area contributed by atoms with Crippen molar-refractivity contribution in [1.82, 2.24) is 14.8 Å². The van der Waals surface area contributed by atoms with E-state index in [0.29, 0.717) is 5.02 Å². The highest BCUT2D eigenvalue weighted by atomic mass is 35.5. The fraction of sp³-hybridized carbons (Fsp3) is 0.118. The number of nitrogens with zero attached hydrogens (tertiary/aromatic N) is 3. The van der Waals surface area contributed by atoms with E-state index in [4.69, 9.17) is 11.6 Å². The van der Waals surface area contributed by atoms with Crippen LogP contribution in [-0.2, 0) is 10.3 Å². The van der Waals surface area contributed by atoms with E-state index in [9.17, 15) is 4.79 Å². The Morgan fingerprint density at radius 1 is 0.955 bits per heavy atom. The molecule has 1 atom stereocenters. The lowest BCUT2D eigenvalue weighted by Gasteiger charge is -2.33. The molecule has 0 aliphatic heterocycles. The molecule has 0 spiro atoms. The van der Waals surface area contributed by atoms with E-state index in [2.05, 4.69) is 10.2 Å². The SMILES string of the molecule is CC(=O)C(c1ccccc1)(c1ccc(Cl)cc1)n1cnnc1. The van der Waals surface area contributed by atoms with E-state index < -0.39 is 5.54 Å². The molecule has 0 aliphatic carbocycles. The highest BCUT2D eigenvalue weighted by Crippen LogP contribution is 2.35. The molecule has 0 bridgehead atoms. The van der Waals surface area contributed by atoms with Gasteiger partial charge in [0.2, 0.25) is 0 Å². The number of aromatic nitrogens is 3. The normalized spacial score (nSPS) is 13.5. The molecule has 0 saturated carbocycles. The Bertz CT molecular complexity index is 769. The minimum atomic E-state index is -1.00. The average Bonchev–Trinajstić information content (AvgIpc) is 3.05. The minimum absolute atomic E-state index is 0.0270. The van der Waals surface area contributed by atoms with Crippen molar-refractivity contribution in [2.75, 3.05) is 0 Å². The summed E-state index contributed by atoms with van der Waals surface area (Å²) < 4.78 is 1.73. The number of hydrogen-bond acceptors (Lipinski definition) is 3. The van der Waals surface area contributed by atoms with E-state index >= 15 is 0 Å². The quantitative estimate of drug-likeness (QED) is 0.742. The van der Waals surface area contributed by atoms with E-state index in [1.54, 1.807) is 36.3 Å². The molecule has 0 radical (unpaired) electrons. The molecule has 1 unspecified atom stereocenters. The summed E-state index contributed by atoms with van der Waals surface area (Å²) in [5.74, 6) is -0.0270. The Morgan fingerprint density at radius 2 is 1.50 bits per heavy atom. The summed E-state index contributed by atoms with van der Waals surface area (Å²) in [7, 11) is 0. The molecule has 1 aromatic heterocycles. The maximum atomic E-state index is 12.7. The molecule has 0 saturated heterocycles. The number of hydrogen-bond donors (Lipinski definition) is 0. The smallest absolute Gasteiger partial charge is 0.164 e. The van der Waals surface area contributed by atoms with Crippen LogP contribution >= 0.6 is 11.6 Å². The fourth-order valence-electron chi connectivity index (χ4n) is 2.80. The monoisotopic (exact) mass is 311 g/mol. The van der Waals surface area contributed by atoms with Crippen molar-refractivity contribution < 1.29 is 4.79 Å². The molecular weight excluding hydrogens is 298 g/mol. The lowest BCUT2D eigenvalue weighted by molar-refractivity contribution is -0.122. The van der Waals surface area contributed by atoms with Crippen LogP contribution in [0.3, 0.4) is 0 Å². The van der Waals surface area contributed by atoms with Gasteiger partial charge in [-0.3, -0.25) is 9.36 Å². The number of rotatable bonds is 4. The number of ketones is 1. The van der Waals surface area contributed by atoms with Crippen LogP contribution in [0.1, 0.15) is 18.1 Å². The number of carbonyl (C=O) groups excluding carboxylic acids is 1. The summed E-state index contributed by atoms with van der Waals surface area (Å²) >= 11 is 6.00. The zero-order chi connectivity index (χ0) is 15.6. The average molecular weight is 312 g/mol. The Labute approximate surface area is 133 Å². The zero-order valence-corrected chi connectivity index (χ0v) is 12.7. The molecule has 3 rings (SSSR count). The van der Waals surface area contributed by atoms with Crippen LogP contribution in [0, 0.1) is 0 Å². The summed E-state index contributed by atoms with van der Waals surface area (Å²) in [5, 5.41) is 8.37. The molecule has 110 valence electrons. The van der Waals surface area contributed by atoms with Crippen molar-refractivity contribution >= 4 is 17.4 Å². The maximum absolute atomic E-state index is 12.7. The lowest BCUT2D eigenvalue weighted by Crippen LogP contribution is -2.42. The molecule has 3 aromatic rings. The third-order valence-electron chi connectivity index (χ3n) is 3.77. The molecule has 1 heterocycles. The fourth-order valence-corrected chi connectivity index (χ4v) is 2.92. The summed E-state index contributed by atoms with van der Waals surface area (Å²) in [6, 6.07) is 16.9. The van der Waals surface area contributed by atoms with Gasteiger partial charge in [-0.2, -0.15) is 0 Å². The van der Waals surface area contributed by atoms with Crippen molar-refractivity contribution in [3.8, 4) is 0 Å². The van der Waals surface area contributed by atoms with E-state index in [1.165, 1.54) is 0 Å². The van der Waals surface area contributed by atoms with Crippen LogP contribution in [0.2, 0.25) is 5.02 Å². The van der Waals surface area contributed by atoms with Gasteiger partial charge in [-0.1, -0.05) is 54.1 Å². The highest BCUT2D eigenvalue weighted by molar-refractivity contribution is 6.30. The molecule has 4 nitrogen and oxygen atoms in total. The van der Waals surface area contributed by atoms with Gasteiger partial charge >= 0.3 is 0 Å². The standard InChI is InChI=1S/C17H14ClN3O/c1-13(22)17(21-11-19-20-12-21,14-5-3-2-4-6-14)15-7-9-16(18)10-8-15/h2-12H,1H3. The van der Waals surface area contributed by atoms with Crippen LogP contribution in [0.4, 0.5) is 0 Å². The molecular formula is C17H14ClN3O. The van der Waals surface area contributed by atoms with E-state index in [-0.39, 0.29) is 5.78 Å². The summed E-state index contributed by atoms with van der Waals surface area (Å²) in [6.45, 7) is 1.57. The number of carbonyl (C=O) groups is 1. The van der Waals surface area contributed by atoms with Gasteiger partial charge in [0.25, 0.3) is 0 Å². The number of Topliss-reactive ketones (excluding diaryl/α,β-unsaturated/α-hetero) is 1. The molecule has 0 aliphatic rings. The van der Waals surface area contributed by atoms with Gasteiger partial charge in [0.15, 0.2) is 11.3 Å². The topological polar surface area (TPSA) is 47.8 Å². The van der Waals surface area contributed by atoms with Crippen molar-refractivity contribution in [2.45, 2.75) is 12.5 Å². The second-order valence-electron chi connectivity index (χ2n) is 5.01. The largest absolute Gasteiger partial charge is 0.298 e. The Balaban J connectivity index is 2.34. The molecule has 0 N–H and O–H groups in total. The van der Waals surface area contributed by atoms with Crippen LogP contribution in [0.15, 0.2) is 67.3 Å². The van der Waals surface area contributed by atoms with Gasteiger partial charge in [-0.05, 0) is 30.2 Å². The van der Waals surface area contributed by atoms with Gasteiger partial charge in [0, 0.05) is 5.02 Å². The Kier molecular flexibility index (Phi) is 3.77. The number of benzene rings is 2. The molecule has 0 fully saturated rings. The lowest BCUT2D eigenvalue weighted by atomic mass is 9.79. The predicted octanol–water partition coefficient (Wildman–Crippen LogP) is 3.31. The van der Waals surface area contributed by atoms with Crippen molar-refractivity contribution in [3.05, 3.63) is 83.4 Å². The van der Waals surface area contributed by atoms with Gasteiger partial charge in [-0.25, -0.2) is 0 Å². The summed E-state index contributed by atoms with van der Waals surface area (Å²) in [4.78, 5) is 12.7. The first-order valence-electron chi connectivity index (χ1n) is 6.83. The second kappa shape index (κ2) is 5.73. The first-order chi connectivity index (χ1) is 10.7. The van der Waals surface area contributed by atoms with Gasteiger partial charge in [0.05, 0.1) is 0 Å². The van der Waals surface area contributed by atoms with E-state index in [0.717, 1.165) is 11.1 Å². The van der Waals surface area contributed by atoms with Crippen LogP contribution in [-0.4, -0.2) is 20.5 Å². The van der Waals surface area contributed by atoms with Crippen LogP contribution in [0.5, 0.6) is 0 Å². The third kappa shape index (κ3) is 2.22.